The fraction of sp³-hybridized carbons (Fsp3) is 0.400. The predicted molar refractivity (Wildman–Crippen MR) is 55.3 cm³/mol. The molecule has 70 valence electrons. The van der Waals surface area contributed by atoms with Gasteiger partial charge in [-0.15, -0.1) is 11.8 Å². The van der Waals surface area contributed by atoms with Gasteiger partial charge in [0.25, 0.3) is 0 Å². The van der Waals surface area contributed by atoms with Crippen molar-refractivity contribution in [2.45, 2.75) is 25.2 Å². The van der Waals surface area contributed by atoms with E-state index in [1.807, 2.05) is 13.0 Å². The summed E-state index contributed by atoms with van der Waals surface area (Å²) in [5, 5.41) is 0. The molecule has 13 heavy (non-hydrogen) atoms. The Hall–Kier alpha value is -0.830. The Balaban J connectivity index is 2.75. The Bertz CT molecular complexity index is 281. The van der Waals surface area contributed by atoms with Crippen molar-refractivity contribution in [1.29, 1.82) is 0 Å². The fourth-order valence-electron chi connectivity index (χ4n) is 0.978. The van der Waals surface area contributed by atoms with Crippen molar-refractivity contribution in [2.75, 3.05) is 5.75 Å². The van der Waals surface area contributed by atoms with Crippen molar-refractivity contribution in [3.05, 3.63) is 24.0 Å². The normalized spacial score (nSPS) is 10.0. The molecule has 2 nitrogen and oxygen atoms in total. The van der Waals surface area contributed by atoms with Gasteiger partial charge >= 0.3 is 0 Å². The van der Waals surface area contributed by atoms with Crippen LogP contribution in [0.25, 0.3) is 0 Å². The summed E-state index contributed by atoms with van der Waals surface area (Å²) >= 11 is 1.73. The lowest BCUT2D eigenvalue weighted by molar-refractivity contribution is 0.0983. The molecule has 0 bridgehead atoms. The molecule has 0 aliphatic rings. The van der Waals surface area contributed by atoms with Crippen LogP contribution in [0.1, 0.15) is 30.8 Å². The molecule has 0 fully saturated rings. The lowest BCUT2D eigenvalue weighted by Crippen LogP contribution is -1.99. The van der Waals surface area contributed by atoms with Crippen LogP contribution in [-0.4, -0.2) is 16.5 Å². The molecule has 1 aromatic heterocycles. The smallest absolute Gasteiger partial charge is 0.180 e. The van der Waals surface area contributed by atoms with Crippen molar-refractivity contribution < 1.29 is 4.79 Å². The summed E-state index contributed by atoms with van der Waals surface area (Å²) in [6.07, 6.45) is 2.28. The van der Waals surface area contributed by atoms with Crippen LogP contribution in [0.4, 0.5) is 0 Å². The maximum atomic E-state index is 11.2. The number of pyridine rings is 1. The lowest BCUT2D eigenvalue weighted by atomic mass is 10.2. The number of carbonyl (C=O) groups is 1. The Morgan fingerprint density at radius 2 is 2.23 bits per heavy atom. The SMILES string of the molecule is CCSc1ccc(C(=O)CC)nc1. The van der Waals surface area contributed by atoms with Gasteiger partial charge in [-0.2, -0.15) is 0 Å². The van der Waals surface area contributed by atoms with E-state index in [-0.39, 0.29) is 5.78 Å². The van der Waals surface area contributed by atoms with Gasteiger partial charge in [-0.3, -0.25) is 9.78 Å². The monoisotopic (exact) mass is 195 g/mol. The Kier molecular flexibility index (Phi) is 3.96. The number of nitrogens with zero attached hydrogens (tertiary/aromatic N) is 1. The molecular formula is C10H13NOS. The minimum absolute atomic E-state index is 0.105. The summed E-state index contributed by atoms with van der Waals surface area (Å²) < 4.78 is 0. The zero-order valence-corrected chi connectivity index (χ0v) is 8.73. The molecule has 0 amide bonds. The van der Waals surface area contributed by atoms with E-state index in [1.165, 1.54) is 0 Å². The van der Waals surface area contributed by atoms with Crippen LogP contribution in [-0.2, 0) is 0 Å². The van der Waals surface area contributed by atoms with Gasteiger partial charge in [-0.1, -0.05) is 13.8 Å². The zero-order valence-electron chi connectivity index (χ0n) is 7.91. The molecule has 3 heteroatoms. The quantitative estimate of drug-likeness (QED) is 0.546. The summed E-state index contributed by atoms with van der Waals surface area (Å²) in [7, 11) is 0. The van der Waals surface area contributed by atoms with E-state index < -0.39 is 0 Å². The fourth-order valence-corrected chi connectivity index (χ4v) is 1.60. The molecule has 0 aromatic carbocycles. The molecular weight excluding hydrogens is 182 g/mol. The van der Waals surface area contributed by atoms with Gasteiger partial charge < -0.3 is 0 Å². The van der Waals surface area contributed by atoms with Crippen molar-refractivity contribution in [3.63, 3.8) is 0 Å². The highest BCUT2D eigenvalue weighted by molar-refractivity contribution is 7.99. The second-order valence-corrected chi connectivity index (χ2v) is 3.93. The maximum absolute atomic E-state index is 11.2. The molecule has 1 heterocycles. The van der Waals surface area contributed by atoms with E-state index in [0.717, 1.165) is 10.6 Å². The third kappa shape index (κ3) is 2.84. The van der Waals surface area contributed by atoms with Gasteiger partial charge in [0, 0.05) is 17.5 Å². The van der Waals surface area contributed by atoms with E-state index in [9.17, 15) is 4.79 Å². The topological polar surface area (TPSA) is 30.0 Å². The highest BCUT2D eigenvalue weighted by Gasteiger charge is 2.03. The summed E-state index contributed by atoms with van der Waals surface area (Å²) in [4.78, 5) is 16.4. The molecule has 0 spiro atoms. The van der Waals surface area contributed by atoms with Crippen LogP contribution in [0.15, 0.2) is 23.2 Å². The first kappa shape index (κ1) is 10.3. The molecule has 0 saturated heterocycles. The summed E-state index contributed by atoms with van der Waals surface area (Å²) in [5.41, 5.74) is 0.572. The number of aromatic nitrogens is 1. The Morgan fingerprint density at radius 3 is 2.69 bits per heavy atom. The summed E-state index contributed by atoms with van der Waals surface area (Å²) in [6, 6.07) is 3.74. The molecule has 0 unspecified atom stereocenters. The molecule has 0 radical (unpaired) electrons. The van der Waals surface area contributed by atoms with E-state index in [2.05, 4.69) is 11.9 Å². The van der Waals surface area contributed by atoms with E-state index in [0.29, 0.717) is 12.1 Å². The number of Topliss-reactive ketones (excluding diaryl/α,β-unsaturated/α-hetero) is 1. The first-order chi connectivity index (χ1) is 6.27. The third-order valence-electron chi connectivity index (χ3n) is 1.65. The van der Waals surface area contributed by atoms with Gasteiger partial charge in [0.15, 0.2) is 5.78 Å². The van der Waals surface area contributed by atoms with Crippen LogP contribution in [0.2, 0.25) is 0 Å². The second kappa shape index (κ2) is 5.02. The Morgan fingerprint density at radius 1 is 1.46 bits per heavy atom. The van der Waals surface area contributed by atoms with Gasteiger partial charge in [-0.25, -0.2) is 0 Å². The van der Waals surface area contributed by atoms with Crippen LogP contribution in [0.3, 0.4) is 0 Å². The maximum Gasteiger partial charge on any atom is 0.180 e. The number of thioether (sulfide) groups is 1. The average molecular weight is 195 g/mol. The van der Waals surface area contributed by atoms with Gasteiger partial charge in [0.1, 0.15) is 5.69 Å². The van der Waals surface area contributed by atoms with Crippen LogP contribution in [0.5, 0.6) is 0 Å². The Labute approximate surface area is 82.8 Å². The average Bonchev–Trinajstić information content (AvgIpc) is 2.18. The minimum Gasteiger partial charge on any atom is -0.292 e. The largest absolute Gasteiger partial charge is 0.292 e. The highest BCUT2D eigenvalue weighted by atomic mass is 32.2. The number of carbonyl (C=O) groups excluding carboxylic acids is 1. The molecule has 1 rings (SSSR count). The van der Waals surface area contributed by atoms with Crippen LogP contribution in [0, 0.1) is 0 Å². The van der Waals surface area contributed by atoms with Crippen LogP contribution < -0.4 is 0 Å². The van der Waals surface area contributed by atoms with Crippen molar-refractivity contribution >= 4 is 17.5 Å². The van der Waals surface area contributed by atoms with E-state index >= 15 is 0 Å². The number of rotatable bonds is 4. The number of hydrogen-bond donors (Lipinski definition) is 0. The third-order valence-corrected chi connectivity index (χ3v) is 2.52. The van der Waals surface area contributed by atoms with Crippen LogP contribution >= 0.6 is 11.8 Å². The van der Waals surface area contributed by atoms with E-state index in [4.69, 9.17) is 0 Å². The first-order valence-electron chi connectivity index (χ1n) is 4.40. The highest BCUT2D eigenvalue weighted by Crippen LogP contribution is 2.16. The summed E-state index contributed by atoms with van der Waals surface area (Å²) in [5.74, 6) is 1.14. The zero-order chi connectivity index (χ0) is 9.68. The first-order valence-corrected chi connectivity index (χ1v) is 5.38. The molecule has 1 aromatic rings. The number of hydrogen-bond acceptors (Lipinski definition) is 3. The predicted octanol–water partition coefficient (Wildman–Crippen LogP) is 2.79. The van der Waals surface area contributed by atoms with Gasteiger partial charge in [-0.05, 0) is 17.9 Å². The molecule has 0 aliphatic heterocycles. The molecule has 0 atom stereocenters. The number of ketones is 1. The minimum atomic E-state index is 0.105. The van der Waals surface area contributed by atoms with Crippen molar-refractivity contribution in [1.82, 2.24) is 4.98 Å². The summed E-state index contributed by atoms with van der Waals surface area (Å²) in [6.45, 7) is 3.94. The van der Waals surface area contributed by atoms with Gasteiger partial charge in [0.2, 0.25) is 0 Å². The van der Waals surface area contributed by atoms with Crippen molar-refractivity contribution in [2.24, 2.45) is 0 Å². The van der Waals surface area contributed by atoms with Gasteiger partial charge in [0.05, 0.1) is 0 Å². The second-order valence-electron chi connectivity index (χ2n) is 2.59. The lowest BCUT2D eigenvalue weighted by Gasteiger charge is -1.99. The molecule has 0 aliphatic carbocycles. The van der Waals surface area contributed by atoms with E-state index in [1.54, 1.807) is 24.0 Å². The molecule has 0 saturated carbocycles. The molecule has 0 N–H and O–H groups in total. The van der Waals surface area contributed by atoms with Crippen molar-refractivity contribution in [3.8, 4) is 0 Å². The standard InChI is InChI=1S/C10H13NOS/c1-3-10(12)9-6-5-8(7-11-9)13-4-2/h5-7H,3-4H2,1-2H3.